The summed E-state index contributed by atoms with van der Waals surface area (Å²) in [4.78, 5) is 8.81. The lowest BCUT2D eigenvalue weighted by Crippen LogP contribution is -2.34. The lowest BCUT2D eigenvalue weighted by molar-refractivity contribution is 0.364. The van der Waals surface area contributed by atoms with Crippen LogP contribution in [0.4, 0.5) is 0 Å². The van der Waals surface area contributed by atoms with Gasteiger partial charge in [-0.05, 0) is 36.6 Å². The molecule has 4 rings (SSSR count). The van der Waals surface area contributed by atoms with Crippen molar-refractivity contribution in [2.75, 3.05) is 0 Å². The minimum Gasteiger partial charge on any atom is -0.335 e. The molecule has 0 bridgehead atoms. The van der Waals surface area contributed by atoms with Gasteiger partial charge in [-0.2, -0.15) is 4.98 Å². The number of para-hydroxylation sites is 1. The van der Waals surface area contributed by atoms with Crippen LogP contribution in [0.3, 0.4) is 0 Å². The minimum absolute atomic E-state index is 0.418. The molecule has 1 aliphatic carbocycles. The lowest BCUT2D eigenvalue weighted by atomic mass is 9.99. The Morgan fingerprint density at radius 1 is 1.09 bits per heavy atom. The van der Waals surface area contributed by atoms with Gasteiger partial charge >= 0.3 is 0 Å². The zero-order valence-corrected chi connectivity index (χ0v) is 12.8. The molecule has 2 N–H and O–H groups in total. The zero-order chi connectivity index (χ0) is 15.7. The van der Waals surface area contributed by atoms with Crippen LogP contribution in [-0.2, 0) is 5.54 Å². The summed E-state index contributed by atoms with van der Waals surface area (Å²) in [7, 11) is 0. The summed E-state index contributed by atoms with van der Waals surface area (Å²) >= 11 is 0. The Bertz CT molecular complexity index is 857. The van der Waals surface area contributed by atoms with Gasteiger partial charge in [0.1, 0.15) is 0 Å². The van der Waals surface area contributed by atoms with Crippen LogP contribution in [0, 0.1) is 0 Å². The van der Waals surface area contributed by atoms with Gasteiger partial charge in [-0.3, -0.25) is 4.98 Å². The number of hydrogen-bond donors (Lipinski definition) is 1. The first kappa shape index (κ1) is 14.1. The summed E-state index contributed by atoms with van der Waals surface area (Å²) in [6.45, 7) is 0. The van der Waals surface area contributed by atoms with Gasteiger partial charge in [-0.1, -0.05) is 36.2 Å². The van der Waals surface area contributed by atoms with Gasteiger partial charge in [0.15, 0.2) is 5.82 Å². The van der Waals surface area contributed by atoms with Gasteiger partial charge < -0.3 is 10.3 Å². The summed E-state index contributed by atoms with van der Waals surface area (Å²) in [5.74, 6) is 1.10. The average Bonchev–Trinajstić information content (AvgIpc) is 3.23. The van der Waals surface area contributed by atoms with E-state index in [0.717, 1.165) is 42.1 Å². The molecule has 0 saturated heterocycles. The molecule has 116 valence electrons. The molecule has 0 spiro atoms. The summed E-state index contributed by atoms with van der Waals surface area (Å²) in [6.07, 6.45) is 9.69. The van der Waals surface area contributed by atoms with Crippen LogP contribution >= 0.6 is 0 Å². The van der Waals surface area contributed by atoms with E-state index in [0.29, 0.717) is 11.7 Å². The average molecular weight is 306 g/mol. The van der Waals surface area contributed by atoms with Gasteiger partial charge in [0.25, 0.3) is 5.89 Å². The molecule has 0 aliphatic heterocycles. The van der Waals surface area contributed by atoms with Crippen LogP contribution in [0.25, 0.3) is 23.1 Å². The Kier molecular flexibility index (Phi) is 3.42. The van der Waals surface area contributed by atoms with Gasteiger partial charge in [0, 0.05) is 17.7 Å². The zero-order valence-electron chi connectivity index (χ0n) is 12.8. The Balaban J connectivity index is 1.62. The maximum absolute atomic E-state index is 6.36. The second-order valence-electron chi connectivity index (χ2n) is 6.07. The van der Waals surface area contributed by atoms with Crippen molar-refractivity contribution in [3.05, 3.63) is 53.8 Å². The molecule has 3 aromatic rings. The van der Waals surface area contributed by atoms with Crippen LogP contribution < -0.4 is 5.73 Å². The predicted octanol–water partition coefficient (Wildman–Crippen LogP) is 3.52. The summed E-state index contributed by atoms with van der Waals surface area (Å²) in [5.41, 5.74) is 7.97. The summed E-state index contributed by atoms with van der Waals surface area (Å²) < 4.78 is 5.33. The number of aromatic nitrogens is 3. The number of benzene rings is 1. The van der Waals surface area contributed by atoms with Crippen LogP contribution in [-0.4, -0.2) is 15.1 Å². The fraction of sp³-hybridized carbons (Fsp3) is 0.278. The molecule has 0 radical (unpaired) electrons. The second-order valence-corrected chi connectivity index (χ2v) is 6.07. The van der Waals surface area contributed by atoms with E-state index in [1.54, 1.807) is 6.20 Å². The van der Waals surface area contributed by atoms with Crippen LogP contribution in [0.2, 0.25) is 0 Å². The van der Waals surface area contributed by atoms with Crippen molar-refractivity contribution in [1.82, 2.24) is 15.1 Å². The van der Waals surface area contributed by atoms with E-state index in [1.807, 2.05) is 36.4 Å². The fourth-order valence-corrected chi connectivity index (χ4v) is 3.16. The van der Waals surface area contributed by atoms with Crippen LogP contribution in [0.5, 0.6) is 0 Å². The third-order valence-corrected chi connectivity index (χ3v) is 4.47. The van der Waals surface area contributed by atoms with Crippen molar-refractivity contribution in [2.24, 2.45) is 5.73 Å². The summed E-state index contributed by atoms with van der Waals surface area (Å²) in [6, 6.07) is 10.0. The number of fused-ring (bicyclic) bond motifs is 1. The van der Waals surface area contributed by atoms with Crippen LogP contribution in [0.15, 0.2) is 41.1 Å². The molecule has 1 saturated carbocycles. The molecular weight excluding hydrogens is 288 g/mol. The molecule has 1 fully saturated rings. The highest BCUT2D eigenvalue weighted by atomic mass is 16.5. The van der Waals surface area contributed by atoms with Gasteiger partial charge in [-0.25, -0.2) is 0 Å². The van der Waals surface area contributed by atoms with E-state index >= 15 is 0 Å². The van der Waals surface area contributed by atoms with Gasteiger partial charge in [-0.15, -0.1) is 0 Å². The normalized spacial score (nSPS) is 17.3. The van der Waals surface area contributed by atoms with Crippen molar-refractivity contribution in [3.8, 4) is 0 Å². The van der Waals surface area contributed by atoms with Crippen molar-refractivity contribution >= 4 is 23.1 Å². The fourth-order valence-electron chi connectivity index (χ4n) is 3.16. The number of nitrogens with two attached hydrogens (primary N) is 1. The monoisotopic (exact) mass is 306 g/mol. The van der Waals surface area contributed by atoms with Gasteiger partial charge in [0.2, 0.25) is 0 Å². The number of pyridine rings is 1. The Hall–Kier alpha value is -2.53. The molecule has 0 unspecified atom stereocenters. The van der Waals surface area contributed by atoms with Gasteiger partial charge in [0.05, 0.1) is 11.1 Å². The topological polar surface area (TPSA) is 77.8 Å². The van der Waals surface area contributed by atoms with E-state index < -0.39 is 5.54 Å². The molecular formula is C18H18N4O. The molecule has 1 aromatic carbocycles. The minimum atomic E-state index is -0.418. The SMILES string of the molecule is NC1(c2noc(/C=C/c3ccnc4ccccc34)n2)CCCC1. The van der Waals surface area contributed by atoms with Crippen LogP contribution in [0.1, 0.15) is 43.0 Å². The molecule has 0 amide bonds. The number of rotatable bonds is 3. The Morgan fingerprint density at radius 3 is 2.78 bits per heavy atom. The van der Waals surface area contributed by atoms with E-state index in [-0.39, 0.29) is 0 Å². The van der Waals surface area contributed by atoms with E-state index in [1.165, 1.54) is 0 Å². The predicted molar refractivity (Wildman–Crippen MR) is 89.3 cm³/mol. The standard InChI is InChI=1S/C18H18N4O/c19-18(10-3-4-11-18)17-21-16(23-22-17)8-7-13-9-12-20-15-6-2-1-5-14(13)15/h1-2,5-9,12H,3-4,10-11,19H2/b8-7+. The first-order valence-electron chi connectivity index (χ1n) is 7.90. The highest BCUT2D eigenvalue weighted by Crippen LogP contribution is 2.34. The molecule has 2 aromatic heterocycles. The smallest absolute Gasteiger partial charge is 0.250 e. The Morgan fingerprint density at radius 2 is 1.91 bits per heavy atom. The molecule has 2 heterocycles. The highest BCUT2D eigenvalue weighted by Gasteiger charge is 2.35. The van der Waals surface area contributed by atoms with Crippen molar-refractivity contribution in [1.29, 1.82) is 0 Å². The maximum atomic E-state index is 6.36. The molecule has 5 nitrogen and oxygen atoms in total. The first-order chi connectivity index (χ1) is 11.2. The third kappa shape index (κ3) is 2.64. The van der Waals surface area contributed by atoms with E-state index in [9.17, 15) is 0 Å². The first-order valence-corrected chi connectivity index (χ1v) is 7.90. The Labute approximate surface area is 134 Å². The highest BCUT2D eigenvalue weighted by molar-refractivity contribution is 5.89. The number of hydrogen-bond acceptors (Lipinski definition) is 5. The molecule has 0 atom stereocenters. The second kappa shape index (κ2) is 5.59. The largest absolute Gasteiger partial charge is 0.335 e. The summed E-state index contributed by atoms with van der Waals surface area (Å²) in [5, 5.41) is 5.16. The van der Waals surface area contributed by atoms with Crippen molar-refractivity contribution in [2.45, 2.75) is 31.2 Å². The lowest BCUT2D eigenvalue weighted by Gasteiger charge is -2.17. The maximum Gasteiger partial charge on any atom is 0.250 e. The third-order valence-electron chi connectivity index (χ3n) is 4.47. The molecule has 1 aliphatic rings. The van der Waals surface area contributed by atoms with Crippen molar-refractivity contribution < 1.29 is 4.52 Å². The quantitative estimate of drug-likeness (QED) is 0.801. The molecule has 5 heteroatoms. The number of nitrogens with zero attached hydrogens (tertiary/aromatic N) is 3. The van der Waals surface area contributed by atoms with E-state index in [4.69, 9.17) is 10.3 Å². The molecule has 23 heavy (non-hydrogen) atoms. The van der Waals surface area contributed by atoms with Crippen molar-refractivity contribution in [3.63, 3.8) is 0 Å². The van der Waals surface area contributed by atoms with E-state index in [2.05, 4.69) is 21.2 Å².